The van der Waals surface area contributed by atoms with E-state index < -0.39 is 0 Å². The Kier molecular flexibility index (Phi) is 6.37. The maximum atomic E-state index is 12.0. The number of hydrogen-bond acceptors (Lipinski definition) is 1. The van der Waals surface area contributed by atoms with Crippen LogP contribution in [0, 0.1) is 11.8 Å². The highest BCUT2D eigenvalue weighted by molar-refractivity contribution is 9.10. The number of hydrogen-bond donors (Lipinski definition) is 1. The van der Waals surface area contributed by atoms with Crippen LogP contribution in [0.25, 0.3) is 0 Å². The van der Waals surface area contributed by atoms with Gasteiger partial charge in [-0.15, -0.1) is 11.6 Å². The molecule has 2 atom stereocenters. The molecule has 20 heavy (non-hydrogen) atoms. The molecule has 1 aromatic rings. The first-order valence-electron chi connectivity index (χ1n) is 7.26. The van der Waals surface area contributed by atoms with Crippen LogP contribution >= 0.6 is 27.5 Å². The Morgan fingerprint density at radius 1 is 1.30 bits per heavy atom. The van der Waals surface area contributed by atoms with Gasteiger partial charge in [-0.1, -0.05) is 40.9 Å². The SMILES string of the molecule is O=C(Cc1cccc(Br)c1)NCC1CCCCC1CCl. The molecular weight excluding hydrogens is 338 g/mol. The van der Waals surface area contributed by atoms with Gasteiger partial charge in [0.2, 0.25) is 5.91 Å². The summed E-state index contributed by atoms with van der Waals surface area (Å²) in [5.41, 5.74) is 1.04. The summed E-state index contributed by atoms with van der Waals surface area (Å²) >= 11 is 9.44. The van der Waals surface area contributed by atoms with Crippen LogP contribution in [0.15, 0.2) is 28.7 Å². The van der Waals surface area contributed by atoms with Crippen molar-refractivity contribution in [3.05, 3.63) is 34.3 Å². The lowest BCUT2D eigenvalue weighted by molar-refractivity contribution is -0.120. The lowest BCUT2D eigenvalue weighted by atomic mass is 9.80. The number of rotatable bonds is 5. The fraction of sp³-hybridized carbons (Fsp3) is 0.562. The van der Waals surface area contributed by atoms with Gasteiger partial charge in [0.05, 0.1) is 6.42 Å². The van der Waals surface area contributed by atoms with Gasteiger partial charge in [0.1, 0.15) is 0 Å². The van der Waals surface area contributed by atoms with Crippen molar-refractivity contribution in [3.8, 4) is 0 Å². The molecule has 0 bridgehead atoms. The average Bonchev–Trinajstić information content (AvgIpc) is 2.45. The minimum atomic E-state index is 0.0991. The number of benzene rings is 1. The zero-order chi connectivity index (χ0) is 14.4. The third-order valence-corrected chi connectivity index (χ3v) is 4.97. The number of amides is 1. The van der Waals surface area contributed by atoms with Crippen molar-refractivity contribution < 1.29 is 4.79 Å². The molecule has 0 radical (unpaired) electrons. The molecule has 2 rings (SSSR count). The summed E-state index contributed by atoms with van der Waals surface area (Å²) in [5, 5.41) is 3.07. The van der Waals surface area contributed by atoms with Crippen LogP contribution in [-0.2, 0) is 11.2 Å². The van der Waals surface area contributed by atoms with Crippen LogP contribution in [0.3, 0.4) is 0 Å². The molecule has 1 aliphatic carbocycles. The first-order valence-corrected chi connectivity index (χ1v) is 8.59. The molecule has 2 nitrogen and oxygen atoms in total. The Labute approximate surface area is 134 Å². The lowest BCUT2D eigenvalue weighted by Crippen LogP contribution is -2.35. The molecule has 1 aromatic carbocycles. The standard InChI is InChI=1S/C16H21BrClNO/c17-15-7-3-4-12(8-15)9-16(20)19-11-14-6-2-1-5-13(14)10-18/h3-4,7-8,13-14H,1-2,5-6,9-11H2,(H,19,20). The van der Waals surface area contributed by atoms with E-state index in [0.717, 1.165) is 16.6 Å². The Morgan fingerprint density at radius 3 is 2.75 bits per heavy atom. The molecule has 1 aliphatic rings. The molecule has 0 saturated heterocycles. The molecule has 0 aromatic heterocycles. The van der Waals surface area contributed by atoms with Crippen LogP contribution in [0.2, 0.25) is 0 Å². The fourth-order valence-corrected chi connectivity index (χ4v) is 3.75. The quantitative estimate of drug-likeness (QED) is 0.787. The maximum Gasteiger partial charge on any atom is 0.224 e. The summed E-state index contributed by atoms with van der Waals surface area (Å²) in [6.07, 6.45) is 5.38. The third kappa shape index (κ3) is 4.78. The first-order chi connectivity index (χ1) is 9.69. The molecule has 1 saturated carbocycles. The Balaban J connectivity index is 1.79. The molecule has 110 valence electrons. The second-order valence-corrected chi connectivity index (χ2v) is 6.79. The van der Waals surface area contributed by atoms with E-state index in [1.54, 1.807) is 0 Å². The van der Waals surface area contributed by atoms with Gasteiger partial charge < -0.3 is 5.32 Å². The normalized spacial score (nSPS) is 22.5. The number of carbonyl (C=O) groups excluding carboxylic acids is 1. The van der Waals surface area contributed by atoms with Crippen molar-refractivity contribution in [2.24, 2.45) is 11.8 Å². The third-order valence-electron chi connectivity index (χ3n) is 4.08. The van der Waals surface area contributed by atoms with E-state index in [1.165, 1.54) is 25.7 Å². The zero-order valence-electron chi connectivity index (χ0n) is 11.6. The van der Waals surface area contributed by atoms with E-state index in [0.29, 0.717) is 24.1 Å². The largest absolute Gasteiger partial charge is 0.356 e. The predicted octanol–water partition coefficient (Wildman–Crippen LogP) is 4.15. The van der Waals surface area contributed by atoms with E-state index in [-0.39, 0.29) is 5.91 Å². The topological polar surface area (TPSA) is 29.1 Å². The molecule has 2 unspecified atom stereocenters. The van der Waals surface area contributed by atoms with Crippen molar-refractivity contribution in [1.29, 1.82) is 0 Å². The highest BCUT2D eigenvalue weighted by Crippen LogP contribution is 2.30. The average molecular weight is 359 g/mol. The molecule has 0 spiro atoms. The van der Waals surface area contributed by atoms with Crippen LogP contribution in [0.4, 0.5) is 0 Å². The first kappa shape index (κ1) is 15.8. The van der Waals surface area contributed by atoms with Gasteiger partial charge in [0.15, 0.2) is 0 Å². The van der Waals surface area contributed by atoms with Gasteiger partial charge in [-0.05, 0) is 42.4 Å². The maximum absolute atomic E-state index is 12.0. The van der Waals surface area contributed by atoms with Gasteiger partial charge >= 0.3 is 0 Å². The minimum absolute atomic E-state index is 0.0991. The van der Waals surface area contributed by atoms with Crippen molar-refractivity contribution in [2.75, 3.05) is 12.4 Å². The Bertz CT molecular complexity index is 452. The van der Waals surface area contributed by atoms with Gasteiger partial charge in [-0.3, -0.25) is 4.79 Å². The van der Waals surface area contributed by atoms with Gasteiger partial charge in [-0.2, -0.15) is 0 Å². The summed E-state index contributed by atoms with van der Waals surface area (Å²) in [7, 11) is 0. The number of carbonyl (C=O) groups is 1. The smallest absolute Gasteiger partial charge is 0.224 e. The van der Waals surface area contributed by atoms with Gasteiger partial charge in [-0.25, -0.2) is 0 Å². The number of nitrogens with one attached hydrogen (secondary N) is 1. The van der Waals surface area contributed by atoms with Crippen LogP contribution in [0.1, 0.15) is 31.2 Å². The molecule has 1 fully saturated rings. The van der Waals surface area contributed by atoms with Gasteiger partial charge in [0, 0.05) is 16.9 Å². The fourth-order valence-electron chi connectivity index (χ4n) is 2.90. The molecular formula is C16H21BrClNO. The van der Waals surface area contributed by atoms with Crippen LogP contribution in [-0.4, -0.2) is 18.3 Å². The summed E-state index contributed by atoms with van der Waals surface area (Å²) in [6, 6.07) is 7.89. The molecule has 0 heterocycles. The second kappa shape index (κ2) is 8.04. The molecule has 0 aliphatic heterocycles. The molecule has 4 heteroatoms. The second-order valence-electron chi connectivity index (χ2n) is 5.57. The van der Waals surface area contributed by atoms with E-state index in [9.17, 15) is 4.79 Å². The van der Waals surface area contributed by atoms with Crippen molar-refractivity contribution in [3.63, 3.8) is 0 Å². The summed E-state index contributed by atoms with van der Waals surface area (Å²) < 4.78 is 1.01. The Morgan fingerprint density at radius 2 is 2.05 bits per heavy atom. The van der Waals surface area contributed by atoms with E-state index in [4.69, 9.17) is 11.6 Å². The highest BCUT2D eigenvalue weighted by Gasteiger charge is 2.24. The van der Waals surface area contributed by atoms with Crippen LogP contribution < -0.4 is 5.32 Å². The predicted molar refractivity (Wildman–Crippen MR) is 87.0 cm³/mol. The van der Waals surface area contributed by atoms with Crippen molar-refractivity contribution >= 4 is 33.4 Å². The molecule has 1 amide bonds. The minimum Gasteiger partial charge on any atom is -0.356 e. The lowest BCUT2D eigenvalue weighted by Gasteiger charge is -2.30. The number of halogens is 2. The number of alkyl halides is 1. The van der Waals surface area contributed by atoms with Crippen molar-refractivity contribution in [2.45, 2.75) is 32.1 Å². The summed E-state index contributed by atoms with van der Waals surface area (Å²) in [4.78, 5) is 12.0. The highest BCUT2D eigenvalue weighted by atomic mass is 79.9. The summed E-state index contributed by atoms with van der Waals surface area (Å²) in [5.74, 6) is 1.93. The van der Waals surface area contributed by atoms with E-state index >= 15 is 0 Å². The Hall–Kier alpha value is -0.540. The summed E-state index contributed by atoms with van der Waals surface area (Å²) in [6.45, 7) is 0.768. The van der Waals surface area contributed by atoms with Gasteiger partial charge in [0.25, 0.3) is 0 Å². The van der Waals surface area contributed by atoms with Crippen molar-refractivity contribution in [1.82, 2.24) is 5.32 Å². The zero-order valence-corrected chi connectivity index (χ0v) is 13.9. The van der Waals surface area contributed by atoms with Crippen LogP contribution in [0.5, 0.6) is 0 Å². The van der Waals surface area contributed by atoms with E-state index in [1.807, 2.05) is 24.3 Å². The monoisotopic (exact) mass is 357 g/mol. The van der Waals surface area contributed by atoms with E-state index in [2.05, 4.69) is 21.2 Å². The molecule has 1 N–H and O–H groups in total.